The van der Waals surface area contributed by atoms with Crippen LogP contribution in [0.4, 0.5) is 0 Å². The molecule has 0 amide bonds. The van der Waals surface area contributed by atoms with Crippen molar-refractivity contribution in [2.45, 2.75) is 218 Å². The van der Waals surface area contributed by atoms with Crippen LogP contribution in [0.2, 0.25) is 0 Å². The van der Waals surface area contributed by atoms with Crippen molar-refractivity contribution < 1.29 is 56.2 Å². The van der Waals surface area contributed by atoms with E-state index < -0.39 is 59.8 Å². The molecule has 1 heterocycles. The van der Waals surface area contributed by atoms with Crippen molar-refractivity contribution in [2.24, 2.45) is 0 Å². The van der Waals surface area contributed by atoms with Crippen LogP contribution in [-0.4, -0.2) is 97.5 Å². The lowest BCUT2D eigenvalue weighted by atomic mass is 9.99. The first kappa shape index (κ1) is 57.8. The topological polar surface area (TPSA) is 178 Å². The molecule has 0 aliphatic carbocycles. The van der Waals surface area contributed by atoms with Crippen LogP contribution in [0, 0.1) is 0 Å². The zero-order chi connectivity index (χ0) is 45.4. The monoisotopic (exact) mass is 899 g/mol. The number of ether oxygens (including phenoxy) is 4. The third-order valence-electron chi connectivity index (χ3n) is 10.6. The van der Waals surface area contributed by atoms with Gasteiger partial charge in [-0.2, -0.15) is 8.42 Å². The number of carbonyl (C=O) groups excluding carboxylic acids is 1. The number of rotatable bonds is 41. The minimum absolute atomic E-state index is 0.0253. The maximum atomic E-state index is 12.9. The number of aliphatic hydroxyl groups excluding tert-OH is 3. The highest BCUT2D eigenvalue weighted by atomic mass is 32.3. The molecule has 1 rings (SSSR count). The van der Waals surface area contributed by atoms with E-state index in [0.29, 0.717) is 13.0 Å². The Morgan fingerprint density at radius 2 is 1.11 bits per heavy atom. The van der Waals surface area contributed by atoms with E-state index in [4.69, 9.17) is 18.9 Å². The Kier molecular flexibility index (Phi) is 37.6. The largest absolute Gasteiger partial charge is 0.457 e. The molecule has 4 N–H and O–H groups in total. The fraction of sp³-hybridized carbons (Fsp3) is 0.776. The Labute approximate surface area is 376 Å². The van der Waals surface area contributed by atoms with Gasteiger partial charge < -0.3 is 34.3 Å². The van der Waals surface area contributed by atoms with Crippen LogP contribution in [0.5, 0.6) is 0 Å². The van der Waals surface area contributed by atoms with Gasteiger partial charge in [-0.25, -0.2) is 4.18 Å². The molecule has 0 aromatic carbocycles. The molecular weight excluding hydrogens is 813 g/mol. The van der Waals surface area contributed by atoms with Crippen molar-refractivity contribution in [1.82, 2.24) is 0 Å². The van der Waals surface area contributed by atoms with Gasteiger partial charge in [0.25, 0.3) is 0 Å². The second-order valence-electron chi connectivity index (χ2n) is 16.3. The average Bonchev–Trinajstić information content (AvgIpc) is 3.24. The van der Waals surface area contributed by atoms with Crippen LogP contribution in [0.1, 0.15) is 181 Å². The van der Waals surface area contributed by atoms with Gasteiger partial charge in [-0.15, -0.1) is 0 Å². The summed E-state index contributed by atoms with van der Waals surface area (Å²) in [5, 5.41) is 30.7. The molecule has 1 aliphatic rings. The summed E-state index contributed by atoms with van der Waals surface area (Å²) in [5.41, 5.74) is 0. The minimum Gasteiger partial charge on any atom is -0.457 e. The van der Waals surface area contributed by atoms with Crippen molar-refractivity contribution in [3.8, 4) is 0 Å². The third-order valence-corrected chi connectivity index (χ3v) is 11.1. The lowest BCUT2D eigenvalue weighted by Crippen LogP contribution is -2.60. The van der Waals surface area contributed by atoms with Crippen molar-refractivity contribution >= 4 is 16.4 Å². The molecule has 0 aromatic heterocycles. The van der Waals surface area contributed by atoms with Gasteiger partial charge in [-0.1, -0.05) is 158 Å². The van der Waals surface area contributed by atoms with Gasteiger partial charge in [0.1, 0.15) is 30.5 Å². The van der Waals surface area contributed by atoms with Crippen molar-refractivity contribution in [1.29, 1.82) is 0 Å². The molecule has 12 nitrogen and oxygen atoms in total. The van der Waals surface area contributed by atoms with Crippen LogP contribution in [0.3, 0.4) is 0 Å². The molecule has 0 saturated carbocycles. The number of allylic oxidation sites excluding steroid dienone is 10. The van der Waals surface area contributed by atoms with E-state index in [9.17, 15) is 33.1 Å². The van der Waals surface area contributed by atoms with Gasteiger partial charge in [0.15, 0.2) is 6.29 Å². The van der Waals surface area contributed by atoms with Crippen LogP contribution < -0.4 is 0 Å². The molecule has 0 radical (unpaired) electrons. The van der Waals surface area contributed by atoms with Crippen LogP contribution in [0.25, 0.3) is 0 Å². The smallest absolute Gasteiger partial charge is 0.397 e. The molecule has 0 bridgehead atoms. The molecule has 62 heavy (non-hydrogen) atoms. The summed E-state index contributed by atoms with van der Waals surface area (Å²) >= 11 is 0. The van der Waals surface area contributed by atoms with E-state index in [-0.39, 0.29) is 19.6 Å². The van der Waals surface area contributed by atoms with Crippen LogP contribution in [-0.2, 0) is 38.3 Å². The standard InChI is InChI=1S/C49H86O12S/c1-3-5-7-9-11-13-15-17-19-21-23-25-27-29-31-33-35-37-39-57-41-43(42-58-49-47(53)48(61-62(54,55)56)46(52)44(40-50)60-49)59-45(51)38-36-34-32-30-28-26-24-22-20-18-16-14-12-10-8-6-4-2/h5,7,11-14,17-20,43-44,46-50,52-53H,3-4,6,8-10,15-16,21-42H2,1-2H3,(H,54,55,56)/b7-5-,13-11-,14-12-,19-17-,20-18-. The van der Waals surface area contributed by atoms with E-state index in [0.717, 1.165) is 77.0 Å². The molecular formula is C49H86O12S. The summed E-state index contributed by atoms with van der Waals surface area (Å²) in [5.74, 6) is -0.412. The highest BCUT2D eigenvalue weighted by Crippen LogP contribution is 2.26. The molecule has 1 fully saturated rings. The Morgan fingerprint density at radius 3 is 1.63 bits per heavy atom. The van der Waals surface area contributed by atoms with Gasteiger partial charge in [0, 0.05) is 13.0 Å². The van der Waals surface area contributed by atoms with Gasteiger partial charge >= 0.3 is 16.4 Å². The summed E-state index contributed by atoms with van der Waals surface area (Å²) in [4.78, 5) is 12.9. The SMILES string of the molecule is CC/C=C\C/C=C\C/C=C\CCCCCCCCCCOCC(COC1OC(CO)C(O)C(OS(=O)(=O)O)C1O)OC(=O)CCCCCCCCC/C=C\C/C=C\CCCCC. The van der Waals surface area contributed by atoms with Gasteiger partial charge in [-0.05, 0) is 77.0 Å². The Balaban J connectivity index is 2.41. The fourth-order valence-corrected chi connectivity index (χ4v) is 7.52. The number of carbonyl (C=O) groups is 1. The van der Waals surface area contributed by atoms with Gasteiger partial charge in [0.2, 0.25) is 0 Å². The number of hydrogen-bond acceptors (Lipinski definition) is 11. The first-order valence-electron chi connectivity index (χ1n) is 24.0. The number of unbranched alkanes of at least 4 members (excludes halogenated alkanes) is 18. The zero-order valence-corrected chi connectivity index (χ0v) is 39.2. The zero-order valence-electron chi connectivity index (χ0n) is 38.4. The Bertz CT molecular complexity index is 1310. The molecule has 0 aromatic rings. The van der Waals surface area contributed by atoms with Gasteiger partial charge in [-0.3, -0.25) is 9.35 Å². The molecule has 1 aliphatic heterocycles. The highest BCUT2D eigenvalue weighted by molar-refractivity contribution is 7.80. The van der Waals surface area contributed by atoms with Crippen LogP contribution in [0.15, 0.2) is 60.8 Å². The number of esters is 1. The summed E-state index contributed by atoms with van der Waals surface area (Å²) < 4.78 is 59.1. The minimum atomic E-state index is -5.07. The predicted octanol–water partition coefficient (Wildman–Crippen LogP) is 10.5. The Morgan fingerprint density at radius 1 is 0.629 bits per heavy atom. The van der Waals surface area contributed by atoms with Crippen LogP contribution >= 0.6 is 0 Å². The van der Waals surface area contributed by atoms with Gasteiger partial charge in [0.05, 0.1) is 19.8 Å². The van der Waals surface area contributed by atoms with Crippen molar-refractivity contribution in [2.75, 3.05) is 26.4 Å². The first-order chi connectivity index (χ1) is 30.1. The molecule has 0 spiro atoms. The van der Waals surface area contributed by atoms with E-state index in [1.807, 2.05) is 0 Å². The van der Waals surface area contributed by atoms with E-state index in [2.05, 4.69) is 78.8 Å². The van der Waals surface area contributed by atoms with Crippen molar-refractivity contribution in [3.63, 3.8) is 0 Å². The lowest BCUT2D eigenvalue weighted by Gasteiger charge is -2.41. The summed E-state index contributed by atoms with van der Waals surface area (Å²) in [7, 11) is -5.07. The highest BCUT2D eigenvalue weighted by Gasteiger charge is 2.48. The Hall–Kier alpha value is -2.20. The van der Waals surface area contributed by atoms with E-state index >= 15 is 0 Å². The van der Waals surface area contributed by atoms with E-state index in [1.54, 1.807) is 0 Å². The summed E-state index contributed by atoms with van der Waals surface area (Å²) in [6.07, 6.45) is 41.0. The average molecular weight is 899 g/mol. The maximum Gasteiger partial charge on any atom is 0.397 e. The number of hydrogen-bond donors (Lipinski definition) is 4. The van der Waals surface area contributed by atoms with Crippen molar-refractivity contribution in [3.05, 3.63) is 60.8 Å². The molecule has 6 atom stereocenters. The molecule has 1 saturated heterocycles. The second-order valence-corrected chi connectivity index (χ2v) is 17.4. The normalized spacial score (nSPS) is 20.5. The fourth-order valence-electron chi connectivity index (χ4n) is 7.01. The molecule has 6 unspecified atom stereocenters. The summed E-state index contributed by atoms with van der Waals surface area (Å²) in [6.45, 7) is 3.83. The summed E-state index contributed by atoms with van der Waals surface area (Å²) in [6, 6.07) is 0. The lowest BCUT2D eigenvalue weighted by molar-refractivity contribution is -0.301. The number of aliphatic hydroxyl groups is 3. The molecule has 13 heteroatoms. The maximum absolute atomic E-state index is 12.9. The molecule has 360 valence electrons. The second kappa shape index (κ2) is 40.3. The third kappa shape index (κ3) is 33.3. The first-order valence-corrected chi connectivity index (χ1v) is 25.4. The predicted molar refractivity (Wildman–Crippen MR) is 248 cm³/mol. The quantitative estimate of drug-likeness (QED) is 0.0198. The van der Waals surface area contributed by atoms with E-state index in [1.165, 1.54) is 77.0 Å².